The van der Waals surface area contributed by atoms with Crippen molar-refractivity contribution >= 4 is 5.91 Å². The van der Waals surface area contributed by atoms with Gasteiger partial charge in [-0.3, -0.25) is 4.79 Å². The maximum Gasteiger partial charge on any atom is 0.239 e. The summed E-state index contributed by atoms with van der Waals surface area (Å²) in [7, 11) is 0. The van der Waals surface area contributed by atoms with Crippen LogP contribution in [0.2, 0.25) is 0 Å². The van der Waals surface area contributed by atoms with Crippen molar-refractivity contribution in [2.75, 3.05) is 19.7 Å². The summed E-state index contributed by atoms with van der Waals surface area (Å²) in [4.78, 5) is 13.7. The zero-order chi connectivity index (χ0) is 12.5. The first kappa shape index (κ1) is 12.8. The van der Waals surface area contributed by atoms with Gasteiger partial charge in [0.15, 0.2) is 0 Å². The lowest BCUT2D eigenvalue weighted by molar-refractivity contribution is -0.161. The number of hydrogen-bond acceptors (Lipinski definition) is 4. The quantitative estimate of drug-likeness (QED) is 0.671. The number of ether oxygens (including phenoxy) is 1. The number of carbonyl (C=O) groups is 1. The lowest BCUT2D eigenvalue weighted by Crippen LogP contribution is -2.57. The van der Waals surface area contributed by atoms with Gasteiger partial charge in [-0.2, -0.15) is 0 Å². The molecule has 17 heavy (non-hydrogen) atoms. The minimum atomic E-state index is -0.460. The summed E-state index contributed by atoms with van der Waals surface area (Å²) in [5, 5.41) is 9.75. The van der Waals surface area contributed by atoms with E-state index in [1.807, 2.05) is 0 Å². The van der Waals surface area contributed by atoms with E-state index in [4.69, 9.17) is 10.5 Å². The first-order valence-electron chi connectivity index (χ1n) is 6.39. The Balaban J connectivity index is 2.03. The average Bonchev–Trinajstić information content (AvgIpc) is 2.27. The first-order valence-corrected chi connectivity index (χ1v) is 6.39. The van der Waals surface area contributed by atoms with Crippen LogP contribution < -0.4 is 5.73 Å². The molecule has 2 saturated heterocycles. The zero-order valence-electron chi connectivity index (χ0n) is 10.4. The maximum absolute atomic E-state index is 11.9. The fourth-order valence-electron chi connectivity index (χ4n) is 2.86. The molecular formula is C12H22N2O3. The monoisotopic (exact) mass is 242 g/mol. The van der Waals surface area contributed by atoms with Crippen molar-refractivity contribution in [1.82, 2.24) is 4.90 Å². The maximum atomic E-state index is 11.9. The van der Waals surface area contributed by atoms with Gasteiger partial charge in [0.25, 0.3) is 0 Å². The molecule has 2 fully saturated rings. The Kier molecular flexibility index (Phi) is 3.70. The van der Waals surface area contributed by atoms with E-state index >= 15 is 0 Å². The Morgan fingerprint density at radius 2 is 2.41 bits per heavy atom. The van der Waals surface area contributed by atoms with Crippen molar-refractivity contribution in [2.24, 2.45) is 5.73 Å². The standard InChI is InChI=1S/C12H22N2O3/c1-9(13)11(16)14-5-2-4-12(8-14)7-10(15)3-6-17-12/h9-10,15H,2-8,13H2,1H3/t9-,10-,12-/m0/s1. The van der Waals surface area contributed by atoms with Crippen molar-refractivity contribution in [3.63, 3.8) is 0 Å². The highest BCUT2D eigenvalue weighted by atomic mass is 16.5. The molecule has 5 nitrogen and oxygen atoms in total. The van der Waals surface area contributed by atoms with E-state index in [9.17, 15) is 9.90 Å². The Hall–Kier alpha value is -0.650. The summed E-state index contributed by atoms with van der Waals surface area (Å²) in [5.41, 5.74) is 5.30. The minimum Gasteiger partial charge on any atom is -0.393 e. The molecule has 2 aliphatic heterocycles. The lowest BCUT2D eigenvalue weighted by atomic mass is 9.84. The van der Waals surface area contributed by atoms with Gasteiger partial charge in [-0.15, -0.1) is 0 Å². The summed E-state index contributed by atoms with van der Waals surface area (Å²) in [6.45, 7) is 3.62. The number of piperidine rings is 1. The van der Waals surface area contributed by atoms with Crippen molar-refractivity contribution in [2.45, 2.75) is 50.4 Å². The zero-order valence-corrected chi connectivity index (χ0v) is 10.4. The van der Waals surface area contributed by atoms with Gasteiger partial charge in [0.1, 0.15) is 0 Å². The Morgan fingerprint density at radius 1 is 1.65 bits per heavy atom. The smallest absolute Gasteiger partial charge is 0.239 e. The van der Waals surface area contributed by atoms with Crippen LogP contribution in [0.3, 0.4) is 0 Å². The molecule has 0 unspecified atom stereocenters. The molecule has 0 aromatic rings. The van der Waals surface area contributed by atoms with Crippen LogP contribution in [0, 0.1) is 0 Å². The SMILES string of the molecule is C[C@H](N)C(=O)N1CCC[C@]2(C[C@@H](O)CCO2)C1. The van der Waals surface area contributed by atoms with E-state index in [1.165, 1.54) is 0 Å². The Bertz CT molecular complexity index is 291. The molecule has 1 amide bonds. The van der Waals surface area contributed by atoms with Crippen molar-refractivity contribution < 1.29 is 14.6 Å². The van der Waals surface area contributed by atoms with E-state index in [-0.39, 0.29) is 17.6 Å². The third kappa shape index (κ3) is 2.78. The summed E-state index contributed by atoms with van der Waals surface area (Å²) in [6, 6.07) is -0.460. The molecule has 0 saturated carbocycles. The van der Waals surface area contributed by atoms with Gasteiger partial charge in [0.2, 0.25) is 5.91 Å². The summed E-state index contributed by atoms with van der Waals surface area (Å²) >= 11 is 0. The largest absolute Gasteiger partial charge is 0.393 e. The summed E-state index contributed by atoms with van der Waals surface area (Å²) in [6.07, 6.45) is 2.88. The number of hydrogen-bond donors (Lipinski definition) is 2. The number of nitrogens with zero attached hydrogens (tertiary/aromatic N) is 1. The second-order valence-corrected chi connectivity index (χ2v) is 5.33. The molecule has 2 rings (SSSR count). The highest BCUT2D eigenvalue weighted by Crippen LogP contribution is 2.33. The van der Waals surface area contributed by atoms with Gasteiger partial charge < -0.3 is 20.5 Å². The molecule has 98 valence electrons. The third-order valence-corrected chi connectivity index (χ3v) is 3.71. The predicted molar refractivity (Wildman–Crippen MR) is 63.4 cm³/mol. The molecular weight excluding hydrogens is 220 g/mol. The van der Waals surface area contributed by atoms with Crippen LogP contribution in [0.15, 0.2) is 0 Å². The normalized spacial score (nSPS) is 35.9. The number of nitrogens with two attached hydrogens (primary N) is 1. The van der Waals surface area contributed by atoms with Gasteiger partial charge in [-0.1, -0.05) is 0 Å². The number of carbonyl (C=O) groups excluding carboxylic acids is 1. The second-order valence-electron chi connectivity index (χ2n) is 5.33. The highest BCUT2D eigenvalue weighted by molar-refractivity contribution is 5.81. The van der Waals surface area contributed by atoms with Gasteiger partial charge in [0, 0.05) is 26.1 Å². The van der Waals surface area contributed by atoms with E-state index in [2.05, 4.69) is 0 Å². The number of aliphatic hydroxyl groups excluding tert-OH is 1. The molecule has 0 aliphatic carbocycles. The van der Waals surface area contributed by atoms with Gasteiger partial charge in [-0.05, 0) is 26.2 Å². The molecule has 3 N–H and O–H groups in total. The molecule has 5 heteroatoms. The second kappa shape index (κ2) is 4.92. The predicted octanol–water partition coefficient (Wildman–Crippen LogP) is -0.134. The lowest BCUT2D eigenvalue weighted by Gasteiger charge is -2.46. The molecule has 0 radical (unpaired) electrons. The molecule has 3 atom stereocenters. The van der Waals surface area contributed by atoms with Crippen LogP contribution in [0.25, 0.3) is 0 Å². The van der Waals surface area contributed by atoms with Gasteiger partial charge in [0.05, 0.1) is 17.7 Å². The molecule has 0 aromatic carbocycles. The van der Waals surface area contributed by atoms with Crippen LogP contribution in [-0.2, 0) is 9.53 Å². The third-order valence-electron chi connectivity index (χ3n) is 3.71. The topological polar surface area (TPSA) is 75.8 Å². The number of aliphatic hydroxyl groups is 1. The molecule has 0 aromatic heterocycles. The van der Waals surface area contributed by atoms with Gasteiger partial charge >= 0.3 is 0 Å². The van der Waals surface area contributed by atoms with E-state index in [0.717, 1.165) is 19.4 Å². The molecule has 0 bridgehead atoms. The first-order chi connectivity index (χ1) is 8.02. The van der Waals surface area contributed by atoms with E-state index < -0.39 is 6.04 Å². The minimum absolute atomic E-state index is 0.0206. The summed E-state index contributed by atoms with van der Waals surface area (Å²) in [5.74, 6) is -0.0206. The van der Waals surface area contributed by atoms with Crippen LogP contribution in [0.1, 0.15) is 32.6 Å². The van der Waals surface area contributed by atoms with Crippen molar-refractivity contribution in [3.8, 4) is 0 Å². The van der Waals surface area contributed by atoms with Gasteiger partial charge in [-0.25, -0.2) is 0 Å². The van der Waals surface area contributed by atoms with Crippen molar-refractivity contribution in [3.05, 3.63) is 0 Å². The van der Waals surface area contributed by atoms with E-state index in [0.29, 0.717) is 26.0 Å². The van der Waals surface area contributed by atoms with E-state index in [1.54, 1.807) is 11.8 Å². The Labute approximate surface area is 102 Å². The fourth-order valence-corrected chi connectivity index (χ4v) is 2.86. The molecule has 2 heterocycles. The molecule has 2 aliphatic rings. The molecule has 1 spiro atoms. The number of rotatable bonds is 1. The number of likely N-dealkylation sites (tertiary alicyclic amines) is 1. The van der Waals surface area contributed by atoms with Crippen LogP contribution in [0.5, 0.6) is 0 Å². The summed E-state index contributed by atoms with van der Waals surface area (Å²) < 4.78 is 5.84. The van der Waals surface area contributed by atoms with Crippen LogP contribution in [-0.4, -0.2) is 53.4 Å². The van der Waals surface area contributed by atoms with Crippen LogP contribution >= 0.6 is 0 Å². The highest BCUT2D eigenvalue weighted by Gasteiger charge is 2.42. The Morgan fingerprint density at radius 3 is 3.06 bits per heavy atom. The number of amides is 1. The average molecular weight is 242 g/mol. The fraction of sp³-hybridized carbons (Fsp3) is 0.917. The van der Waals surface area contributed by atoms with Crippen LogP contribution in [0.4, 0.5) is 0 Å². The van der Waals surface area contributed by atoms with Crippen molar-refractivity contribution in [1.29, 1.82) is 0 Å².